The maximum absolute atomic E-state index is 10.9. The molecule has 0 bridgehead atoms. The average molecular weight is 676 g/mol. The van der Waals surface area contributed by atoms with Crippen molar-refractivity contribution in [3.8, 4) is 11.5 Å². The molecule has 3 fully saturated rings. The van der Waals surface area contributed by atoms with E-state index >= 15 is 0 Å². The SMILES string of the molecule is CCCCC1OC(CCc2ccc(O)c(OCC(NC3CCCCC3)[C+]3C=C4C(=N3)CCC3CCCC3C4CNCC(C)O)c2)=C[C-]1CO. The second-order valence-electron chi connectivity index (χ2n) is 15.3. The van der Waals surface area contributed by atoms with Gasteiger partial charge in [0.25, 0.3) is 0 Å². The minimum absolute atomic E-state index is 0.0116. The van der Waals surface area contributed by atoms with Crippen LogP contribution in [-0.4, -0.2) is 71.6 Å². The largest absolute Gasteiger partial charge is 0.592 e. The van der Waals surface area contributed by atoms with Crippen LogP contribution in [0, 0.1) is 29.7 Å². The topological polar surface area (TPSA) is 116 Å². The van der Waals surface area contributed by atoms with Gasteiger partial charge < -0.3 is 30.1 Å². The van der Waals surface area contributed by atoms with Crippen LogP contribution in [0.4, 0.5) is 0 Å². The number of unbranched alkanes of at least 4 members (excludes halogenated alkanes) is 1. The minimum Gasteiger partial charge on any atom is -0.592 e. The van der Waals surface area contributed by atoms with E-state index < -0.39 is 0 Å². The van der Waals surface area contributed by atoms with E-state index in [2.05, 4.69) is 23.6 Å². The maximum Gasteiger partial charge on any atom is 0.189 e. The van der Waals surface area contributed by atoms with Gasteiger partial charge in [0.05, 0.1) is 18.1 Å². The first-order valence-corrected chi connectivity index (χ1v) is 19.5. The van der Waals surface area contributed by atoms with Crippen LogP contribution in [0.2, 0.25) is 0 Å². The molecule has 5 aliphatic rings. The van der Waals surface area contributed by atoms with Crippen LogP contribution in [-0.2, 0) is 11.2 Å². The highest BCUT2D eigenvalue weighted by Gasteiger charge is 2.48. The van der Waals surface area contributed by atoms with E-state index in [1.165, 1.54) is 69.1 Å². The first-order chi connectivity index (χ1) is 23.9. The van der Waals surface area contributed by atoms with Crippen LogP contribution < -0.4 is 15.4 Å². The number of aliphatic imine (C=N–C) groups is 1. The summed E-state index contributed by atoms with van der Waals surface area (Å²) < 4.78 is 12.7. The highest BCUT2D eigenvalue weighted by molar-refractivity contribution is 6.04. The lowest BCUT2D eigenvalue weighted by Crippen LogP contribution is -2.45. The van der Waals surface area contributed by atoms with Crippen LogP contribution in [0.5, 0.6) is 11.5 Å². The third-order valence-electron chi connectivity index (χ3n) is 11.6. The summed E-state index contributed by atoms with van der Waals surface area (Å²) in [5.74, 6) is 4.38. The number of hydrogen-bond donors (Lipinski definition) is 5. The number of allylic oxidation sites excluding steroid dienone is 1. The summed E-state index contributed by atoms with van der Waals surface area (Å²) in [5, 5.41) is 38.2. The van der Waals surface area contributed by atoms with Gasteiger partial charge in [0.15, 0.2) is 23.3 Å². The molecule has 49 heavy (non-hydrogen) atoms. The Balaban J connectivity index is 1.14. The van der Waals surface area contributed by atoms with Crippen molar-refractivity contribution >= 4 is 5.71 Å². The Labute approximate surface area is 294 Å². The van der Waals surface area contributed by atoms with Crippen LogP contribution >= 0.6 is 0 Å². The predicted octanol–water partition coefficient (Wildman–Crippen LogP) is 6.74. The zero-order valence-corrected chi connectivity index (χ0v) is 30.0. The van der Waals surface area contributed by atoms with Crippen LogP contribution in [0.25, 0.3) is 0 Å². The molecule has 8 nitrogen and oxygen atoms in total. The van der Waals surface area contributed by atoms with Gasteiger partial charge in [-0.15, -0.1) is 4.99 Å². The normalized spacial score (nSPS) is 26.7. The summed E-state index contributed by atoms with van der Waals surface area (Å²) in [6, 6.07) is 7.07. The van der Waals surface area contributed by atoms with Gasteiger partial charge in [-0.3, -0.25) is 5.32 Å². The number of rotatable bonds is 17. The van der Waals surface area contributed by atoms with E-state index in [0.29, 0.717) is 36.8 Å². The number of phenolic OH excluding ortho intramolecular Hbond substituents is 1. The van der Waals surface area contributed by atoms with Gasteiger partial charge in [-0.2, -0.15) is 12.0 Å². The molecule has 0 radical (unpaired) electrons. The number of nitrogens with zero attached hydrogens (tertiary/aromatic N) is 1. The van der Waals surface area contributed by atoms with Crippen molar-refractivity contribution in [3.05, 3.63) is 59.2 Å². The number of aliphatic hydroxyl groups is 2. The average Bonchev–Trinajstić information content (AvgIpc) is 3.84. The zero-order chi connectivity index (χ0) is 34.2. The molecule has 8 heteroatoms. The lowest BCUT2D eigenvalue weighted by molar-refractivity contribution is 0.123. The summed E-state index contributed by atoms with van der Waals surface area (Å²) in [6.45, 7) is 5.93. The third kappa shape index (κ3) is 9.37. The first kappa shape index (κ1) is 36.2. The molecule has 6 unspecified atom stereocenters. The fourth-order valence-electron chi connectivity index (χ4n) is 8.96. The Hall–Kier alpha value is -2.65. The second-order valence-corrected chi connectivity index (χ2v) is 15.3. The van der Waals surface area contributed by atoms with Crippen molar-refractivity contribution in [3.63, 3.8) is 0 Å². The Morgan fingerprint density at radius 1 is 1.10 bits per heavy atom. The van der Waals surface area contributed by atoms with Crippen molar-refractivity contribution in [2.75, 3.05) is 26.3 Å². The Morgan fingerprint density at radius 2 is 1.96 bits per heavy atom. The van der Waals surface area contributed by atoms with Crippen LogP contribution in [0.15, 0.2) is 46.7 Å². The lowest BCUT2D eigenvalue weighted by atomic mass is 9.80. The standard InChI is InChI=1S/C41H61N3O5/c1-3-4-13-40-30(25-45)21-32(49-40)17-14-28-15-19-39(47)41(20-28)48-26-38(43-31-10-6-5-7-11-31)37-22-34-35(24-42-23-27(2)46)33-12-8-9-29(33)16-18-36(34)44-37/h15,19-22,27,29,31,33,35,38,40,42-43,45-47H,3-14,16-18,23-26H2,1-2H3. The molecule has 1 aromatic carbocycles. The van der Waals surface area contributed by atoms with Crippen molar-refractivity contribution in [1.82, 2.24) is 10.6 Å². The van der Waals surface area contributed by atoms with Crippen molar-refractivity contribution in [2.45, 2.75) is 134 Å². The number of benzene rings is 1. The summed E-state index contributed by atoms with van der Waals surface area (Å²) >= 11 is 0. The van der Waals surface area contributed by atoms with Gasteiger partial charge in [-0.1, -0.05) is 70.1 Å². The molecule has 1 aromatic rings. The van der Waals surface area contributed by atoms with Crippen LogP contribution in [0.3, 0.4) is 0 Å². The zero-order valence-electron chi connectivity index (χ0n) is 30.0. The molecule has 5 N–H and O–H groups in total. The number of fused-ring (bicyclic) bond motifs is 2. The molecule has 6 rings (SSSR count). The number of phenols is 1. The van der Waals surface area contributed by atoms with Gasteiger partial charge >= 0.3 is 0 Å². The number of aliphatic hydroxyl groups excluding tert-OH is 2. The molecule has 3 aliphatic carbocycles. The molecule has 2 heterocycles. The van der Waals surface area contributed by atoms with Gasteiger partial charge in [-0.05, 0) is 75.0 Å². The van der Waals surface area contributed by atoms with Gasteiger partial charge in [0.1, 0.15) is 18.2 Å². The Bertz CT molecular complexity index is 1300. The smallest absolute Gasteiger partial charge is 0.189 e. The third-order valence-corrected chi connectivity index (χ3v) is 11.6. The monoisotopic (exact) mass is 675 g/mol. The van der Waals surface area contributed by atoms with Gasteiger partial charge in [0.2, 0.25) is 0 Å². The molecule has 270 valence electrons. The molecule has 0 spiro atoms. The first-order valence-electron chi connectivity index (χ1n) is 19.5. The molecule has 3 saturated carbocycles. The molecule has 0 aromatic heterocycles. The molecule has 6 atom stereocenters. The number of ether oxygens (including phenoxy) is 2. The number of hydrogen-bond acceptors (Lipinski definition) is 8. The summed E-state index contributed by atoms with van der Waals surface area (Å²) in [7, 11) is 0. The predicted molar refractivity (Wildman–Crippen MR) is 195 cm³/mol. The van der Waals surface area contributed by atoms with Crippen molar-refractivity contribution in [1.29, 1.82) is 0 Å². The Morgan fingerprint density at radius 3 is 2.76 bits per heavy atom. The van der Waals surface area contributed by atoms with Crippen molar-refractivity contribution in [2.24, 2.45) is 22.7 Å². The molecular weight excluding hydrogens is 614 g/mol. The van der Waals surface area contributed by atoms with E-state index in [1.54, 1.807) is 6.07 Å². The van der Waals surface area contributed by atoms with Crippen LogP contribution in [0.1, 0.15) is 109 Å². The minimum atomic E-state index is -0.359. The number of aryl methyl sites for hydroxylation is 1. The van der Waals surface area contributed by atoms with E-state index in [9.17, 15) is 15.3 Å². The van der Waals surface area contributed by atoms with Crippen molar-refractivity contribution < 1.29 is 24.8 Å². The molecule has 2 aliphatic heterocycles. The fraction of sp³-hybridized carbons (Fsp3) is 0.683. The van der Waals surface area contributed by atoms with E-state index in [0.717, 1.165) is 74.3 Å². The maximum atomic E-state index is 10.9. The van der Waals surface area contributed by atoms with E-state index in [-0.39, 0.29) is 30.6 Å². The molecule has 0 amide bonds. The number of aromatic hydroxyl groups is 1. The van der Waals surface area contributed by atoms with E-state index in [1.807, 2.05) is 25.1 Å². The van der Waals surface area contributed by atoms with E-state index in [4.69, 9.17) is 14.5 Å². The van der Waals surface area contributed by atoms with Gasteiger partial charge in [0, 0.05) is 38.3 Å². The molecular formula is C41H61N3O5. The lowest BCUT2D eigenvalue weighted by Gasteiger charge is -2.28. The summed E-state index contributed by atoms with van der Waals surface area (Å²) in [6.07, 6.45) is 20.9. The highest BCUT2D eigenvalue weighted by Crippen LogP contribution is 2.47. The quantitative estimate of drug-likeness (QED) is 0.116. The van der Waals surface area contributed by atoms with Gasteiger partial charge in [-0.25, -0.2) is 0 Å². The fourth-order valence-corrected chi connectivity index (χ4v) is 8.96. The summed E-state index contributed by atoms with van der Waals surface area (Å²) in [5.41, 5.74) is 3.72. The Kier molecular flexibility index (Phi) is 12.9. The second kappa shape index (κ2) is 17.5. The highest BCUT2D eigenvalue weighted by atomic mass is 16.5. The summed E-state index contributed by atoms with van der Waals surface area (Å²) in [4.78, 5) is 5.34. The molecule has 0 saturated heterocycles. The number of nitrogens with one attached hydrogen (secondary N) is 2.